The number of carbonyl (C=O) groups excluding carboxylic acids is 3. The molecular formula is C25H40N4O4. The summed E-state index contributed by atoms with van der Waals surface area (Å²) in [7, 11) is 0. The maximum absolute atomic E-state index is 13.2. The molecule has 2 aliphatic heterocycles. The molecule has 0 radical (unpaired) electrons. The second-order valence-electron chi connectivity index (χ2n) is 9.34. The number of nitrogens with one attached hydrogen (secondary N) is 2. The van der Waals surface area contributed by atoms with Crippen LogP contribution in [0.3, 0.4) is 0 Å². The normalized spacial score (nSPS) is 19.7. The summed E-state index contributed by atoms with van der Waals surface area (Å²) >= 11 is 0. The summed E-state index contributed by atoms with van der Waals surface area (Å²) in [5.74, 6) is -0.736. The van der Waals surface area contributed by atoms with Crippen molar-refractivity contribution in [3.8, 4) is 0 Å². The number of hydrogen-bond donors (Lipinski definition) is 2. The van der Waals surface area contributed by atoms with E-state index in [4.69, 9.17) is 4.74 Å². The number of carbonyl (C=O) groups is 3. The average molecular weight is 461 g/mol. The highest BCUT2D eigenvalue weighted by atomic mass is 16.5. The fourth-order valence-electron chi connectivity index (χ4n) is 5.03. The Balaban J connectivity index is 1.51. The predicted octanol–water partition coefficient (Wildman–Crippen LogP) is 3.04. The van der Waals surface area contributed by atoms with Crippen LogP contribution in [0.4, 0.5) is 0 Å². The minimum Gasteiger partial charge on any atom is -0.462 e. The topological polar surface area (TPSA) is 94.7 Å². The van der Waals surface area contributed by atoms with E-state index in [1.165, 1.54) is 38.8 Å². The number of esters is 1. The van der Waals surface area contributed by atoms with Crippen LogP contribution in [0, 0.1) is 19.8 Å². The first-order valence-corrected chi connectivity index (χ1v) is 12.6. The van der Waals surface area contributed by atoms with Gasteiger partial charge in [-0.15, -0.1) is 0 Å². The number of nitrogens with zero attached hydrogens (tertiary/aromatic N) is 2. The lowest BCUT2D eigenvalue weighted by molar-refractivity contribution is -0.126. The van der Waals surface area contributed by atoms with Crippen molar-refractivity contribution in [1.82, 2.24) is 20.1 Å². The lowest BCUT2D eigenvalue weighted by Crippen LogP contribution is -2.46. The molecule has 0 spiro atoms. The molecule has 33 heavy (non-hydrogen) atoms. The van der Waals surface area contributed by atoms with E-state index in [0.29, 0.717) is 42.1 Å². The molecule has 1 aromatic heterocycles. The molecule has 184 valence electrons. The van der Waals surface area contributed by atoms with E-state index in [1.807, 2.05) is 0 Å². The van der Waals surface area contributed by atoms with Gasteiger partial charge in [0.1, 0.15) is 5.69 Å². The van der Waals surface area contributed by atoms with E-state index in [-0.39, 0.29) is 24.3 Å². The molecule has 0 saturated carbocycles. The number of aryl methyl sites for hydroxylation is 1. The summed E-state index contributed by atoms with van der Waals surface area (Å²) < 4.78 is 5.13. The molecule has 2 fully saturated rings. The van der Waals surface area contributed by atoms with Crippen LogP contribution in [-0.2, 0) is 9.53 Å². The SMILES string of the molecule is CCOC(=O)c1c(C)[nH]c(C(=O)N2CCC[C@H](C(=O)NCCCN3CCCCCC3)C2)c1C. The van der Waals surface area contributed by atoms with E-state index in [1.54, 1.807) is 25.7 Å². The van der Waals surface area contributed by atoms with Gasteiger partial charge in [0.2, 0.25) is 5.91 Å². The lowest BCUT2D eigenvalue weighted by atomic mass is 9.96. The smallest absolute Gasteiger partial charge is 0.340 e. The number of piperidine rings is 1. The molecule has 2 N–H and O–H groups in total. The van der Waals surface area contributed by atoms with Crippen molar-refractivity contribution in [2.75, 3.05) is 45.9 Å². The molecule has 0 bridgehead atoms. The van der Waals surface area contributed by atoms with Crippen LogP contribution in [0.15, 0.2) is 0 Å². The Labute approximate surface area is 197 Å². The van der Waals surface area contributed by atoms with E-state index in [0.717, 1.165) is 25.8 Å². The van der Waals surface area contributed by atoms with Crippen LogP contribution in [0.5, 0.6) is 0 Å². The van der Waals surface area contributed by atoms with Gasteiger partial charge >= 0.3 is 5.97 Å². The Bertz CT molecular complexity index is 827. The van der Waals surface area contributed by atoms with Crippen molar-refractivity contribution in [2.45, 2.75) is 65.7 Å². The molecular weight excluding hydrogens is 420 g/mol. The molecule has 8 heteroatoms. The third-order valence-electron chi connectivity index (χ3n) is 6.86. The fraction of sp³-hybridized carbons (Fsp3) is 0.720. The van der Waals surface area contributed by atoms with Crippen LogP contribution in [0.25, 0.3) is 0 Å². The summed E-state index contributed by atoms with van der Waals surface area (Å²) in [5.41, 5.74) is 2.08. The molecule has 0 aliphatic carbocycles. The Hall–Kier alpha value is -2.35. The summed E-state index contributed by atoms with van der Waals surface area (Å²) in [6, 6.07) is 0. The van der Waals surface area contributed by atoms with Crippen LogP contribution in [0.1, 0.15) is 84.0 Å². The Morgan fingerprint density at radius 3 is 2.48 bits per heavy atom. The van der Waals surface area contributed by atoms with Gasteiger partial charge in [-0.1, -0.05) is 12.8 Å². The van der Waals surface area contributed by atoms with Gasteiger partial charge in [-0.3, -0.25) is 9.59 Å². The zero-order valence-corrected chi connectivity index (χ0v) is 20.5. The quantitative estimate of drug-likeness (QED) is 0.459. The number of H-pyrrole nitrogens is 1. The minimum atomic E-state index is -0.418. The van der Waals surface area contributed by atoms with Gasteiger partial charge in [-0.05, 0) is 78.1 Å². The average Bonchev–Trinajstić information content (AvgIpc) is 2.96. The lowest BCUT2D eigenvalue weighted by Gasteiger charge is -2.32. The number of amides is 2. The second-order valence-corrected chi connectivity index (χ2v) is 9.34. The molecule has 1 aromatic rings. The van der Waals surface area contributed by atoms with E-state index in [9.17, 15) is 14.4 Å². The third-order valence-corrected chi connectivity index (χ3v) is 6.86. The number of rotatable bonds is 8. The number of hydrogen-bond acceptors (Lipinski definition) is 5. The molecule has 3 heterocycles. The van der Waals surface area contributed by atoms with Gasteiger partial charge in [0, 0.05) is 25.3 Å². The first kappa shape index (κ1) is 25.3. The highest BCUT2D eigenvalue weighted by molar-refractivity contribution is 6.00. The number of aromatic amines is 1. The standard InChI is InChI=1S/C25H40N4O4/c1-4-33-25(32)21-18(2)22(27-19(21)3)24(31)29-16-9-11-20(17-29)23(30)26-12-10-15-28-13-7-5-6-8-14-28/h20,27H,4-17H2,1-3H3,(H,26,30)/t20-/m0/s1. The Morgan fingerprint density at radius 2 is 1.79 bits per heavy atom. The van der Waals surface area contributed by atoms with Gasteiger partial charge < -0.3 is 24.8 Å². The summed E-state index contributed by atoms with van der Waals surface area (Å²) in [6.45, 7) is 10.7. The maximum atomic E-state index is 13.2. The van der Waals surface area contributed by atoms with Crippen LogP contribution in [0.2, 0.25) is 0 Å². The summed E-state index contributed by atoms with van der Waals surface area (Å²) in [6.07, 6.45) is 7.75. The summed E-state index contributed by atoms with van der Waals surface area (Å²) in [5, 5.41) is 3.09. The van der Waals surface area contributed by atoms with Crippen molar-refractivity contribution in [1.29, 1.82) is 0 Å². The molecule has 2 amide bonds. The Morgan fingerprint density at radius 1 is 1.06 bits per heavy atom. The van der Waals surface area contributed by atoms with Crippen LogP contribution in [-0.4, -0.2) is 78.4 Å². The van der Waals surface area contributed by atoms with Crippen LogP contribution < -0.4 is 5.32 Å². The third kappa shape index (κ3) is 6.59. The molecule has 3 rings (SSSR count). The molecule has 1 atom stereocenters. The van der Waals surface area contributed by atoms with E-state index >= 15 is 0 Å². The highest BCUT2D eigenvalue weighted by Crippen LogP contribution is 2.24. The van der Waals surface area contributed by atoms with Crippen LogP contribution >= 0.6 is 0 Å². The zero-order valence-electron chi connectivity index (χ0n) is 20.5. The first-order chi connectivity index (χ1) is 15.9. The maximum Gasteiger partial charge on any atom is 0.340 e. The number of aromatic nitrogens is 1. The Kier molecular flexibility index (Phi) is 9.35. The van der Waals surface area contributed by atoms with E-state index < -0.39 is 5.97 Å². The monoisotopic (exact) mass is 460 g/mol. The molecule has 0 unspecified atom stereocenters. The van der Waals surface area contributed by atoms with Crippen molar-refractivity contribution in [3.63, 3.8) is 0 Å². The number of likely N-dealkylation sites (tertiary alicyclic amines) is 2. The summed E-state index contributed by atoms with van der Waals surface area (Å²) in [4.78, 5) is 45.5. The molecule has 2 aliphatic rings. The second kappa shape index (κ2) is 12.2. The minimum absolute atomic E-state index is 0.0370. The number of ether oxygens (including phenoxy) is 1. The molecule has 8 nitrogen and oxygen atoms in total. The van der Waals surface area contributed by atoms with E-state index in [2.05, 4.69) is 15.2 Å². The van der Waals surface area contributed by atoms with Crippen molar-refractivity contribution in [2.24, 2.45) is 5.92 Å². The first-order valence-electron chi connectivity index (χ1n) is 12.6. The zero-order chi connectivity index (χ0) is 23.8. The highest BCUT2D eigenvalue weighted by Gasteiger charge is 2.31. The van der Waals surface area contributed by atoms with Crippen molar-refractivity contribution >= 4 is 17.8 Å². The molecule has 2 saturated heterocycles. The van der Waals surface area contributed by atoms with Gasteiger partial charge in [0.25, 0.3) is 5.91 Å². The van der Waals surface area contributed by atoms with Gasteiger partial charge in [-0.25, -0.2) is 4.79 Å². The molecule has 0 aromatic carbocycles. The predicted molar refractivity (Wildman–Crippen MR) is 127 cm³/mol. The van der Waals surface area contributed by atoms with Crippen molar-refractivity contribution in [3.05, 3.63) is 22.5 Å². The van der Waals surface area contributed by atoms with Gasteiger partial charge in [0.15, 0.2) is 0 Å². The van der Waals surface area contributed by atoms with Gasteiger partial charge in [0.05, 0.1) is 18.1 Å². The van der Waals surface area contributed by atoms with Gasteiger partial charge in [-0.2, -0.15) is 0 Å². The van der Waals surface area contributed by atoms with Crippen molar-refractivity contribution < 1.29 is 19.1 Å². The fourth-order valence-corrected chi connectivity index (χ4v) is 5.03. The largest absolute Gasteiger partial charge is 0.462 e.